The molecule has 178 valence electrons. The normalized spacial score (nSPS) is 13.1. The van der Waals surface area contributed by atoms with E-state index in [1.54, 1.807) is 0 Å². The van der Waals surface area contributed by atoms with Crippen molar-refractivity contribution in [2.75, 3.05) is 25.5 Å². The molecule has 1 aromatic carbocycles. The van der Waals surface area contributed by atoms with Gasteiger partial charge in [-0.1, -0.05) is 0 Å². The van der Waals surface area contributed by atoms with Crippen LogP contribution < -0.4 is 16.4 Å². The number of nitrogens with one attached hydrogen (secondary N) is 2. The lowest BCUT2D eigenvalue weighted by Gasteiger charge is -2.15. The molecule has 2 rings (SSSR count). The van der Waals surface area contributed by atoms with Crippen molar-refractivity contribution >= 4 is 29.0 Å². The highest BCUT2D eigenvalue weighted by Crippen LogP contribution is 2.37. The van der Waals surface area contributed by atoms with E-state index in [2.05, 4.69) is 25.6 Å². The highest BCUT2D eigenvalue weighted by Gasteiger charge is 2.37. The van der Waals surface area contributed by atoms with E-state index < -0.39 is 35.1 Å². The second-order valence-corrected chi connectivity index (χ2v) is 6.37. The molecule has 2 aromatic rings. The second kappa shape index (κ2) is 10.3. The third kappa shape index (κ3) is 7.17. The first kappa shape index (κ1) is 25.6. The fraction of sp³-hybridized carbons (Fsp3) is 0.263. The van der Waals surface area contributed by atoms with Crippen molar-refractivity contribution in [3.8, 4) is 0 Å². The number of benzene rings is 1. The number of anilines is 2. The number of aliphatic hydroxyl groups excluding tert-OH is 1. The van der Waals surface area contributed by atoms with Crippen LogP contribution in [0.5, 0.6) is 0 Å². The summed E-state index contributed by atoms with van der Waals surface area (Å²) in [5.41, 5.74) is 2.17. The predicted molar refractivity (Wildman–Crippen MR) is 107 cm³/mol. The number of halogens is 6. The number of nitrogens with two attached hydrogens (primary N) is 1. The molecule has 0 bridgehead atoms. The van der Waals surface area contributed by atoms with Gasteiger partial charge < -0.3 is 21.5 Å². The van der Waals surface area contributed by atoms with Crippen LogP contribution in [0.15, 0.2) is 41.5 Å². The van der Waals surface area contributed by atoms with E-state index in [4.69, 9.17) is 10.8 Å². The molecule has 0 spiro atoms. The molecular formula is C19H18F6N6O2. The predicted octanol–water partition coefficient (Wildman–Crippen LogP) is 2.74. The smallest absolute Gasteiger partial charge is 0.397 e. The number of nitrogens with zero attached hydrogens (tertiary/aromatic N) is 3. The van der Waals surface area contributed by atoms with Gasteiger partial charge in [0.1, 0.15) is 5.71 Å². The summed E-state index contributed by atoms with van der Waals surface area (Å²) in [5, 5.41) is 13.4. The van der Waals surface area contributed by atoms with Gasteiger partial charge in [0.25, 0.3) is 5.91 Å². The minimum atomic E-state index is -5.01. The van der Waals surface area contributed by atoms with Crippen molar-refractivity contribution in [1.29, 1.82) is 0 Å². The highest BCUT2D eigenvalue weighted by molar-refractivity contribution is 6.44. The molecule has 0 aliphatic rings. The Kier molecular flexibility index (Phi) is 7.98. The Morgan fingerprint density at radius 2 is 1.76 bits per heavy atom. The summed E-state index contributed by atoms with van der Waals surface area (Å²) in [6.07, 6.45) is -7.71. The Hall–Kier alpha value is -3.68. The number of aliphatic imine (C=N–C) groups is 1. The number of aliphatic hydroxyl groups is 1. The van der Waals surface area contributed by atoms with E-state index in [-0.39, 0.29) is 42.3 Å². The Morgan fingerprint density at radius 1 is 1.15 bits per heavy atom. The fourth-order valence-electron chi connectivity index (χ4n) is 2.45. The largest absolute Gasteiger partial charge is 0.416 e. The van der Waals surface area contributed by atoms with Gasteiger partial charge in [0.2, 0.25) is 5.95 Å². The average Bonchev–Trinajstić information content (AvgIpc) is 2.74. The first-order valence-electron chi connectivity index (χ1n) is 9.08. The van der Waals surface area contributed by atoms with Crippen LogP contribution in [0.2, 0.25) is 0 Å². The third-order valence-electron chi connectivity index (χ3n) is 3.96. The van der Waals surface area contributed by atoms with Crippen molar-refractivity contribution in [1.82, 2.24) is 15.3 Å². The fourth-order valence-corrected chi connectivity index (χ4v) is 2.45. The van der Waals surface area contributed by atoms with Crippen molar-refractivity contribution in [3.05, 3.63) is 53.4 Å². The molecular weight excluding hydrogens is 458 g/mol. The highest BCUT2D eigenvalue weighted by atomic mass is 19.4. The maximum Gasteiger partial charge on any atom is 0.416 e. The standard InChI is InChI=1S/C19H18F6N6O2/c1-27-15(16(33)28-4-5-32)9-13(26)14-2-3-29-17(31-14)30-12-7-10(18(20,21)22)6-11(8-12)19(23,24)25/h2-3,6-9,32H,4-5,26H2,1H3,(H,28,33)(H,29,30,31)/b13-9-,27-15?. The van der Waals surface area contributed by atoms with Crippen LogP contribution in [0.1, 0.15) is 16.8 Å². The van der Waals surface area contributed by atoms with E-state index in [1.165, 1.54) is 13.1 Å². The number of hydrogen-bond acceptors (Lipinski definition) is 7. The molecule has 33 heavy (non-hydrogen) atoms. The topological polar surface area (TPSA) is 126 Å². The number of hydrogen-bond donors (Lipinski definition) is 4. The number of carbonyl (C=O) groups is 1. The van der Waals surface area contributed by atoms with Crippen molar-refractivity contribution in [2.45, 2.75) is 12.4 Å². The van der Waals surface area contributed by atoms with Gasteiger partial charge in [0, 0.05) is 25.5 Å². The summed E-state index contributed by atoms with van der Waals surface area (Å²) in [5.74, 6) is -0.971. The second-order valence-electron chi connectivity index (χ2n) is 6.37. The van der Waals surface area contributed by atoms with Crippen LogP contribution in [0.25, 0.3) is 5.70 Å². The zero-order valence-electron chi connectivity index (χ0n) is 16.9. The van der Waals surface area contributed by atoms with Gasteiger partial charge in [0.05, 0.1) is 29.1 Å². The SMILES string of the molecule is CN=C(/C=C(\N)c1ccnc(Nc2cc(C(F)(F)F)cc(C(F)(F)F)c2)n1)C(=O)NCCO. The number of amides is 1. The monoisotopic (exact) mass is 476 g/mol. The van der Waals surface area contributed by atoms with Crippen molar-refractivity contribution in [2.24, 2.45) is 10.7 Å². The first-order chi connectivity index (χ1) is 15.3. The molecule has 0 aliphatic carbocycles. The van der Waals surface area contributed by atoms with Gasteiger partial charge >= 0.3 is 12.4 Å². The molecule has 8 nitrogen and oxygen atoms in total. The molecule has 0 aliphatic heterocycles. The lowest BCUT2D eigenvalue weighted by molar-refractivity contribution is -0.143. The van der Waals surface area contributed by atoms with E-state index in [9.17, 15) is 31.1 Å². The molecule has 0 radical (unpaired) electrons. The molecule has 1 amide bonds. The van der Waals surface area contributed by atoms with Gasteiger partial charge in [-0.2, -0.15) is 26.3 Å². The van der Waals surface area contributed by atoms with Crippen molar-refractivity contribution in [3.63, 3.8) is 0 Å². The third-order valence-corrected chi connectivity index (χ3v) is 3.96. The Morgan fingerprint density at radius 3 is 2.27 bits per heavy atom. The molecule has 14 heteroatoms. The summed E-state index contributed by atoms with van der Waals surface area (Å²) in [7, 11) is 1.32. The van der Waals surface area contributed by atoms with Crippen LogP contribution in [-0.2, 0) is 17.1 Å². The van der Waals surface area contributed by atoms with E-state index >= 15 is 0 Å². The number of aromatic nitrogens is 2. The van der Waals surface area contributed by atoms with Gasteiger partial charge in [-0.3, -0.25) is 9.79 Å². The van der Waals surface area contributed by atoms with E-state index in [0.717, 1.165) is 12.3 Å². The maximum atomic E-state index is 13.0. The van der Waals surface area contributed by atoms with Crippen LogP contribution in [-0.4, -0.2) is 46.9 Å². The Balaban J connectivity index is 2.36. The van der Waals surface area contributed by atoms with Crippen LogP contribution in [0.4, 0.5) is 38.0 Å². The summed E-state index contributed by atoms with van der Waals surface area (Å²) < 4.78 is 78.2. The zero-order valence-corrected chi connectivity index (χ0v) is 16.9. The van der Waals surface area contributed by atoms with Gasteiger partial charge in [-0.05, 0) is 30.3 Å². The molecule has 0 saturated heterocycles. The lowest BCUT2D eigenvalue weighted by atomic mass is 10.1. The molecule has 5 N–H and O–H groups in total. The maximum absolute atomic E-state index is 13.0. The Labute approximate surface area is 183 Å². The zero-order chi connectivity index (χ0) is 24.8. The molecule has 0 saturated carbocycles. The van der Waals surface area contributed by atoms with Crippen LogP contribution >= 0.6 is 0 Å². The molecule has 0 unspecified atom stereocenters. The summed E-state index contributed by atoms with van der Waals surface area (Å²) >= 11 is 0. The summed E-state index contributed by atoms with van der Waals surface area (Å²) in [6.45, 7) is -0.321. The number of alkyl halides is 6. The van der Waals surface area contributed by atoms with E-state index in [0.29, 0.717) is 12.1 Å². The minimum absolute atomic E-state index is 0.00334. The molecule has 1 aromatic heterocycles. The van der Waals surface area contributed by atoms with Crippen molar-refractivity contribution < 1.29 is 36.2 Å². The summed E-state index contributed by atoms with van der Waals surface area (Å²) in [4.78, 5) is 23.4. The van der Waals surface area contributed by atoms with Gasteiger partial charge in [-0.15, -0.1) is 0 Å². The quantitative estimate of drug-likeness (QED) is 0.360. The van der Waals surface area contributed by atoms with Gasteiger partial charge in [-0.25, -0.2) is 9.97 Å². The summed E-state index contributed by atoms with van der Waals surface area (Å²) in [6, 6.07) is 2.27. The number of rotatable bonds is 7. The van der Waals surface area contributed by atoms with Crippen LogP contribution in [0, 0.1) is 0 Å². The molecule has 1 heterocycles. The Bertz CT molecular complexity index is 1030. The minimum Gasteiger partial charge on any atom is -0.397 e. The number of carbonyl (C=O) groups excluding carboxylic acids is 1. The van der Waals surface area contributed by atoms with E-state index in [1.807, 2.05) is 0 Å². The average molecular weight is 476 g/mol. The first-order valence-corrected chi connectivity index (χ1v) is 9.08. The lowest BCUT2D eigenvalue weighted by Crippen LogP contribution is -2.32. The van der Waals surface area contributed by atoms with Crippen LogP contribution in [0.3, 0.4) is 0 Å². The molecule has 0 fully saturated rings. The van der Waals surface area contributed by atoms with Gasteiger partial charge in [0.15, 0.2) is 0 Å². The molecule has 0 atom stereocenters.